The molecule has 29 heavy (non-hydrogen) atoms. The molecule has 0 radical (unpaired) electrons. The quantitative estimate of drug-likeness (QED) is 0.603. The zero-order valence-corrected chi connectivity index (χ0v) is 18.8. The number of carbonyl (C=O) groups is 3. The van der Waals surface area contributed by atoms with E-state index in [2.05, 4.69) is 28.2 Å². The highest BCUT2D eigenvalue weighted by atomic mass is 79.9. The summed E-state index contributed by atoms with van der Waals surface area (Å²) >= 11 is 4.48. The van der Waals surface area contributed by atoms with E-state index >= 15 is 0 Å². The van der Waals surface area contributed by atoms with E-state index in [1.54, 1.807) is 19.9 Å². The Hall–Kier alpha value is -2.13. The Morgan fingerprint density at radius 1 is 1.31 bits per heavy atom. The fraction of sp³-hybridized carbons (Fsp3) is 0.450. The molecule has 0 aromatic carbocycles. The Kier molecular flexibility index (Phi) is 6.79. The molecule has 1 N–H and O–H groups in total. The maximum Gasteiger partial charge on any atom is 0.374 e. The first-order valence-corrected chi connectivity index (χ1v) is 10.9. The van der Waals surface area contributed by atoms with Gasteiger partial charge in [0.25, 0.3) is 5.91 Å². The van der Waals surface area contributed by atoms with Crippen molar-refractivity contribution in [3.8, 4) is 0 Å². The van der Waals surface area contributed by atoms with Crippen molar-refractivity contribution in [3.05, 3.63) is 38.6 Å². The average Bonchev–Trinajstić information content (AvgIpc) is 3.21. The zero-order chi connectivity index (χ0) is 21.1. The normalized spacial score (nSPS) is 15.7. The lowest BCUT2D eigenvalue weighted by atomic mass is 9.88. The molecular formula is C20H22BrNO6S. The van der Waals surface area contributed by atoms with Crippen LogP contribution in [-0.2, 0) is 27.1 Å². The molecule has 0 aliphatic heterocycles. The first-order chi connectivity index (χ1) is 13.7. The van der Waals surface area contributed by atoms with Crippen molar-refractivity contribution in [1.82, 2.24) is 0 Å². The molecular weight excluding hydrogens is 462 g/mol. The van der Waals surface area contributed by atoms with Gasteiger partial charge in [0.2, 0.25) is 5.76 Å². The predicted molar refractivity (Wildman–Crippen MR) is 111 cm³/mol. The lowest BCUT2D eigenvalue weighted by Gasteiger charge is -2.18. The Morgan fingerprint density at radius 3 is 2.72 bits per heavy atom. The van der Waals surface area contributed by atoms with Gasteiger partial charge in [0.1, 0.15) is 5.00 Å². The number of rotatable bonds is 6. The minimum absolute atomic E-state index is 0.00792. The Labute approximate surface area is 180 Å². The topological polar surface area (TPSA) is 94.8 Å². The van der Waals surface area contributed by atoms with Crippen LogP contribution in [0.25, 0.3) is 0 Å². The summed E-state index contributed by atoms with van der Waals surface area (Å²) in [4.78, 5) is 38.0. The molecule has 3 rings (SSSR count). The van der Waals surface area contributed by atoms with Gasteiger partial charge in [0.05, 0.1) is 11.7 Å². The maximum atomic E-state index is 12.7. The number of carbonyl (C=O) groups excluding carboxylic acids is 3. The van der Waals surface area contributed by atoms with Gasteiger partial charge in [-0.25, -0.2) is 9.59 Å². The minimum atomic E-state index is -0.746. The summed E-state index contributed by atoms with van der Waals surface area (Å²) in [6.07, 6.45) is 2.35. The summed E-state index contributed by atoms with van der Waals surface area (Å²) < 4.78 is 15.9. The number of amides is 1. The summed E-state index contributed by atoms with van der Waals surface area (Å²) in [6.45, 7) is 5.24. The molecule has 156 valence electrons. The summed E-state index contributed by atoms with van der Waals surface area (Å²) in [7, 11) is 0. The van der Waals surface area contributed by atoms with Gasteiger partial charge in [-0.15, -0.1) is 11.3 Å². The molecule has 1 unspecified atom stereocenters. The van der Waals surface area contributed by atoms with Crippen LogP contribution < -0.4 is 5.32 Å². The van der Waals surface area contributed by atoms with E-state index in [0.29, 0.717) is 21.2 Å². The summed E-state index contributed by atoms with van der Waals surface area (Å²) in [5, 5.41) is 3.15. The number of halogens is 1. The van der Waals surface area contributed by atoms with Gasteiger partial charge in [0, 0.05) is 4.88 Å². The average molecular weight is 484 g/mol. The Balaban J connectivity index is 1.72. The molecule has 0 saturated heterocycles. The van der Waals surface area contributed by atoms with Gasteiger partial charge in [-0.2, -0.15) is 0 Å². The molecule has 2 heterocycles. The predicted octanol–water partition coefficient (Wildman–Crippen LogP) is 4.59. The fourth-order valence-corrected chi connectivity index (χ4v) is 4.84. The zero-order valence-electron chi connectivity index (χ0n) is 16.4. The van der Waals surface area contributed by atoms with Crippen LogP contribution in [0.15, 0.2) is 21.2 Å². The minimum Gasteiger partial charge on any atom is -0.459 e. The van der Waals surface area contributed by atoms with E-state index in [1.807, 2.05) is 0 Å². The molecule has 1 aliphatic rings. The second-order valence-corrected chi connectivity index (χ2v) is 9.12. The van der Waals surface area contributed by atoms with E-state index in [9.17, 15) is 14.4 Å². The number of ether oxygens (including phenoxy) is 2. The molecule has 9 heteroatoms. The van der Waals surface area contributed by atoms with Crippen LogP contribution in [-0.4, -0.2) is 30.6 Å². The van der Waals surface area contributed by atoms with Crippen LogP contribution in [0.2, 0.25) is 0 Å². The number of furan rings is 1. The van der Waals surface area contributed by atoms with Crippen LogP contribution in [0.1, 0.15) is 58.5 Å². The van der Waals surface area contributed by atoms with Crippen LogP contribution in [0, 0.1) is 5.92 Å². The van der Waals surface area contributed by atoms with Gasteiger partial charge >= 0.3 is 11.9 Å². The molecule has 0 fully saturated rings. The number of esters is 2. The SMILES string of the molecule is CC1CCc2c(sc(NC(=O)COC(=O)c3ccc(Br)o3)c2C(=O)OC(C)C)C1. The highest BCUT2D eigenvalue weighted by molar-refractivity contribution is 9.10. The highest BCUT2D eigenvalue weighted by Crippen LogP contribution is 2.40. The molecule has 1 amide bonds. The third kappa shape index (κ3) is 5.27. The number of thiophene rings is 1. The molecule has 0 bridgehead atoms. The van der Waals surface area contributed by atoms with Crippen molar-refractivity contribution in [2.45, 2.75) is 46.1 Å². The number of hydrogen-bond donors (Lipinski definition) is 1. The van der Waals surface area contributed by atoms with E-state index in [4.69, 9.17) is 13.9 Å². The smallest absolute Gasteiger partial charge is 0.374 e. The standard InChI is InChI=1S/C20H22BrNO6S/c1-10(2)27-20(25)17-12-5-4-11(3)8-14(12)29-18(17)22-16(23)9-26-19(24)13-6-7-15(21)28-13/h6-7,10-11H,4-5,8-9H2,1-3H3,(H,22,23). The van der Waals surface area contributed by atoms with Crippen LogP contribution in [0.5, 0.6) is 0 Å². The fourth-order valence-electron chi connectivity index (χ4n) is 3.12. The first-order valence-electron chi connectivity index (χ1n) is 9.32. The third-order valence-corrected chi connectivity index (χ3v) is 6.02. The van der Waals surface area contributed by atoms with Gasteiger partial charge in [-0.1, -0.05) is 6.92 Å². The first kappa shape index (κ1) is 21.6. The molecule has 1 atom stereocenters. The van der Waals surface area contributed by atoms with Crippen molar-refractivity contribution in [2.75, 3.05) is 11.9 Å². The number of hydrogen-bond acceptors (Lipinski definition) is 7. The highest BCUT2D eigenvalue weighted by Gasteiger charge is 2.29. The van der Waals surface area contributed by atoms with Crippen molar-refractivity contribution in [2.24, 2.45) is 5.92 Å². The van der Waals surface area contributed by atoms with Crippen molar-refractivity contribution >= 4 is 50.1 Å². The monoisotopic (exact) mass is 483 g/mol. The Morgan fingerprint density at radius 2 is 2.07 bits per heavy atom. The number of anilines is 1. The number of nitrogens with one attached hydrogen (secondary N) is 1. The van der Waals surface area contributed by atoms with Crippen molar-refractivity contribution in [1.29, 1.82) is 0 Å². The maximum absolute atomic E-state index is 12.7. The van der Waals surface area contributed by atoms with E-state index in [1.165, 1.54) is 17.4 Å². The third-order valence-electron chi connectivity index (χ3n) is 4.42. The summed E-state index contributed by atoms with van der Waals surface area (Å²) in [5.74, 6) is -1.21. The molecule has 2 aromatic rings. The summed E-state index contributed by atoms with van der Waals surface area (Å²) in [5.41, 5.74) is 1.37. The second kappa shape index (κ2) is 9.13. The van der Waals surface area contributed by atoms with Gasteiger partial charge in [-0.05, 0) is 72.7 Å². The lowest BCUT2D eigenvalue weighted by Crippen LogP contribution is -2.22. The Bertz CT molecular complexity index is 932. The van der Waals surface area contributed by atoms with E-state index in [0.717, 1.165) is 29.7 Å². The van der Waals surface area contributed by atoms with Gasteiger partial charge < -0.3 is 19.2 Å². The summed E-state index contributed by atoms with van der Waals surface area (Å²) in [6, 6.07) is 3.00. The molecule has 0 spiro atoms. The molecule has 7 nitrogen and oxygen atoms in total. The van der Waals surface area contributed by atoms with Gasteiger partial charge in [-0.3, -0.25) is 4.79 Å². The largest absolute Gasteiger partial charge is 0.459 e. The van der Waals surface area contributed by atoms with Crippen LogP contribution in [0.3, 0.4) is 0 Å². The second-order valence-electron chi connectivity index (χ2n) is 7.24. The number of fused-ring (bicyclic) bond motifs is 1. The van der Waals surface area contributed by atoms with Crippen LogP contribution in [0.4, 0.5) is 5.00 Å². The van der Waals surface area contributed by atoms with E-state index < -0.39 is 24.5 Å². The molecule has 1 aliphatic carbocycles. The van der Waals surface area contributed by atoms with E-state index in [-0.39, 0.29) is 11.9 Å². The lowest BCUT2D eigenvalue weighted by molar-refractivity contribution is -0.119. The molecule has 0 saturated carbocycles. The van der Waals surface area contributed by atoms with Crippen molar-refractivity contribution < 1.29 is 28.3 Å². The van der Waals surface area contributed by atoms with Crippen LogP contribution >= 0.6 is 27.3 Å². The van der Waals surface area contributed by atoms with Gasteiger partial charge in [0.15, 0.2) is 11.3 Å². The van der Waals surface area contributed by atoms with Crippen molar-refractivity contribution in [3.63, 3.8) is 0 Å². The molecule has 2 aromatic heterocycles.